The smallest absolute Gasteiger partial charge is 0.404 e. The summed E-state index contributed by atoms with van der Waals surface area (Å²) >= 11 is 0. The Morgan fingerprint density at radius 2 is 1.83 bits per heavy atom. The van der Waals surface area contributed by atoms with Crippen molar-refractivity contribution < 1.29 is 24.2 Å². The Kier molecular flexibility index (Phi) is 6.84. The van der Waals surface area contributed by atoms with Crippen LogP contribution in [0, 0.1) is 26.7 Å². The lowest BCUT2D eigenvalue weighted by molar-refractivity contribution is -0.121. The van der Waals surface area contributed by atoms with Gasteiger partial charge in [0.05, 0.1) is 0 Å². The predicted octanol–water partition coefficient (Wildman–Crippen LogP) is 4.19. The summed E-state index contributed by atoms with van der Waals surface area (Å²) in [6.07, 6.45) is 3.52. The Labute approximate surface area is 209 Å². The van der Waals surface area contributed by atoms with E-state index < -0.39 is 11.9 Å². The molecule has 1 aromatic carbocycles. The summed E-state index contributed by atoms with van der Waals surface area (Å²) in [5, 5.41) is 14.4. The highest BCUT2D eigenvalue weighted by atomic mass is 16.7. The SMILES string of the molecule is C=Cc1cc(C(=O)NCc2c(C)cc(C)[nH]c2=O)c(C)c2c1OC(C)(C1CCC(NC(=O)O)CC1)O2. The molecule has 0 bridgehead atoms. The molecule has 4 N–H and O–H groups in total. The Bertz CT molecular complexity index is 1280. The van der Waals surface area contributed by atoms with Crippen molar-refractivity contribution in [2.45, 2.75) is 71.8 Å². The third-order valence-corrected chi connectivity index (χ3v) is 7.30. The summed E-state index contributed by atoms with van der Waals surface area (Å²) in [6, 6.07) is 3.53. The van der Waals surface area contributed by atoms with Crippen LogP contribution in [0.4, 0.5) is 4.79 Å². The van der Waals surface area contributed by atoms with Gasteiger partial charge in [-0.1, -0.05) is 12.7 Å². The molecule has 9 heteroatoms. The third-order valence-electron chi connectivity index (χ3n) is 7.30. The zero-order valence-electron chi connectivity index (χ0n) is 21.1. The van der Waals surface area contributed by atoms with Gasteiger partial charge in [0, 0.05) is 53.4 Å². The van der Waals surface area contributed by atoms with Crippen LogP contribution in [0.2, 0.25) is 0 Å². The number of aryl methyl sites for hydroxylation is 2. The van der Waals surface area contributed by atoms with Crippen molar-refractivity contribution in [3.05, 3.63) is 62.6 Å². The number of carbonyl (C=O) groups excluding carboxylic acids is 1. The average Bonchev–Trinajstić information content (AvgIpc) is 3.18. The standard InChI is InChI=1S/C27H33N3O6/c1-6-17-12-20(24(31)28-13-21-14(2)11-15(3)29-25(21)32)16(4)22-23(17)36-27(5,35-22)18-7-9-19(10-8-18)30-26(33)34/h6,11-12,18-19,30H,1,7-10,13H2,2-5H3,(H,28,31)(H,29,32)(H,33,34). The maximum Gasteiger partial charge on any atom is 0.404 e. The topological polar surface area (TPSA) is 130 Å². The number of nitrogens with one attached hydrogen (secondary N) is 3. The molecule has 2 heterocycles. The van der Waals surface area contributed by atoms with Crippen LogP contribution >= 0.6 is 0 Å². The van der Waals surface area contributed by atoms with E-state index in [1.807, 2.05) is 33.8 Å². The molecule has 0 spiro atoms. The molecule has 1 aliphatic heterocycles. The first kappa shape index (κ1) is 25.3. The van der Waals surface area contributed by atoms with Crippen LogP contribution in [-0.2, 0) is 6.54 Å². The summed E-state index contributed by atoms with van der Waals surface area (Å²) in [7, 11) is 0. The van der Waals surface area contributed by atoms with Gasteiger partial charge in [0.1, 0.15) is 0 Å². The summed E-state index contributed by atoms with van der Waals surface area (Å²) in [4.78, 5) is 39.2. The number of aromatic nitrogens is 1. The molecule has 1 aliphatic carbocycles. The van der Waals surface area contributed by atoms with Gasteiger partial charge in [-0.3, -0.25) is 9.59 Å². The second kappa shape index (κ2) is 9.72. The minimum Gasteiger partial charge on any atom is -0.465 e. The lowest BCUT2D eigenvalue weighted by Crippen LogP contribution is -2.47. The zero-order chi connectivity index (χ0) is 26.2. The van der Waals surface area contributed by atoms with Gasteiger partial charge in [0.2, 0.25) is 0 Å². The van der Waals surface area contributed by atoms with Gasteiger partial charge in [0.15, 0.2) is 11.5 Å². The quantitative estimate of drug-likeness (QED) is 0.476. The van der Waals surface area contributed by atoms with Crippen molar-refractivity contribution in [1.82, 2.24) is 15.6 Å². The van der Waals surface area contributed by atoms with Crippen LogP contribution in [0.25, 0.3) is 6.08 Å². The normalized spacial score (nSPS) is 22.7. The summed E-state index contributed by atoms with van der Waals surface area (Å²) in [5.74, 6) is -0.133. The van der Waals surface area contributed by atoms with Crippen molar-refractivity contribution in [3.63, 3.8) is 0 Å². The molecule has 1 atom stereocenters. The van der Waals surface area contributed by atoms with Gasteiger partial charge in [-0.15, -0.1) is 0 Å². The fourth-order valence-electron chi connectivity index (χ4n) is 5.26. The molecule has 192 valence electrons. The molecule has 1 unspecified atom stereocenters. The second-order valence-corrected chi connectivity index (χ2v) is 9.84. The molecule has 36 heavy (non-hydrogen) atoms. The fraction of sp³-hybridized carbons (Fsp3) is 0.444. The molecule has 1 saturated carbocycles. The number of aromatic amines is 1. The lowest BCUT2D eigenvalue weighted by atomic mass is 9.81. The fourth-order valence-corrected chi connectivity index (χ4v) is 5.26. The molecule has 4 rings (SSSR count). The number of pyridine rings is 1. The van der Waals surface area contributed by atoms with E-state index in [0.29, 0.717) is 46.6 Å². The van der Waals surface area contributed by atoms with Crippen molar-refractivity contribution >= 4 is 18.1 Å². The molecule has 0 saturated heterocycles. The van der Waals surface area contributed by atoms with E-state index in [2.05, 4.69) is 22.2 Å². The number of ether oxygens (including phenoxy) is 2. The van der Waals surface area contributed by atoms with Gasteiger partial charge >= 0.3 is 6.09 Å². The van der Waals surface area contributed by atoms with E-state index in [-0.39, 0.29) is 30.0 Å². The molecular formula is C27H33N3O6. The van der Waals surface area contributed by atoms with Crippen LogP contribution in [0.5, 0.6) is 11.5 Å². The number of carbonyl (C=O) groups is 2. The number of amides is 2. The molecule has 2 aliphatic rings. The average molecular weight is 496 g/mol. The Hall–Kier alpha value is -3.75. The van der Waals surface area contributed by atoms with E-state index in [9.17, 15) is 14.4 Å². The first-order valence-corrected chi connectivity index (χ1v) is 12.2. The van der Waals surface area contributed by atoms with Gasteiger partial charge in [0.25, 0.3) is 17.3 Å². The number of fused-ring (bicyclic) bond motifs is 1. The number of carboxylic acid groups (broad SMARTS) is 1. The maximum absolute atomic E-state index is 13.2. The number of H-pyrrole nitrogens is 1. The van der Waals surface area contributed by atoms with Crippen molar-refractivity contribution in [2.24, 2.45) is 5.92 Å². The second-order valence-electron chi connectivity index (χ2n) is 9.84. The van der Waals surface area contributed by atoms with E-state index in [4.69, 9.17) is 14.6 Å². The molecule has 1 fully saturated rings. The lowest BCUT2D eigenvalue weighted by Gasteiger charge is -2.37. The van der Waals surface area contributed by atoms with E-state index in [1.165, 1.54) is 0 Å². The Balaban J connectivity index is 1.53. The maximum atomic E-state index is 13.2. The van der Waals surface area contributed by atoms with Crippen LogP contribution < -0.4 is 25.7 Å². The summed E-state index contributed by atoms with van der Waals surface area (Å²) < 4.78 is 12.7. The highest BCUT2D eigenvalue weighted by Crippen LogP contribution is 2.50. The third kappa shape index (κ3) is 4.82. The molecule has 0 radical (unpaired) electrons. The van der Waals surface area contributed by atoms with Gasteiger partial charge < -0.3 is 30.2 Å². The first-order chi connectivity index (χ1) is 17.0. The Morgan fingerprint density at radius 3 is 2.44 bits per heavy atom. The minimum atomic E-state index is -1.01. The van der Waals surface area contributed by atoms with Crippen LogP contribution in [0.3, 0.4) is 0 Å². The van der Waals surface area contributed by atoms with Crippen molar-refractivity contribution in [2.75, 3.05) is 0 Å². The molecule has 2 aromatic rings. The first-order valence-electron chi connectivity index (χ1n) is 12.2. The monoisotopic (exact) mass is 495 g/mol. The van der Waals surface area contributed by atoms with E-state index >= 15 is 0 Å². The van der Waals surface area contributed by atoms with Crippen LogP contribution in [-0.4, -0.2) is 33.9 Å². The highest BCUT2D eigenvalue weighted by Gasteiger charge is 2.47. The summed E-state index contributed by atoms with van der Waals surface area (Å²) in [5.41, 5.74) is 3.59. The van der Waals surface area contributed by atoms with Gasteiger partial charge in [-0.05, 0) is 64.2 Å². The van der Waals surface area contributed by atoms with E-state index in [1.54, 1.807) is 12.1 Å². The summed E-state index contributed by atoms with van der Waals surface area (Å²) in [6.45, 7) is 11.3. The van der Waals surface area contributed by atoms with Gasteiger partial charge in [-0.25, -0.2) is 4.79 Å². The number of rotatable bonds is 6. The van der Waals surface area contributed by atoms with Crippen LogP contribution in [0.1, 0.15) is 70.9 Å². The Morgan fingerprint density at radius 1 is 1.17 bits per heavy atom. The zero-order valence-corrected chi connectivity index (χ0v) is 21.1. The highest BCUT2D eigenvalue weighted by molar-refractivity contribution is 5.97. The predicted molar refractivity (Wildman–Crippen MR) is 136 cm³/mol. The molecule has 1 aromatic heterocycles. The van der Waals surface area contributed by atoms with Crippen molar-refractivity contribution in [1.29, 1.82) is 0 Å². The molecule has 2 amide bonds. The number of benzene rings is 1. The minimum absolute atomic E-state index is 0.0577. The number of hydrogen-bond donors (Lipinski definition) is 4. The molecule has 9 nitrogen and oxygen atoms in total. The van der Waals surface area contributed by atoms with Crippen LogP contribution in [0.15, 0.2) is 23.5 Å². The largest absolute Gasteiger partial charge is 0.465 e. The molecular weight excluding hydrogens is 462 g/mol. The van der Waals surface area contributed by atoms with E-state index in [0.717, 1.165) is 24.1 Å². The van der Waals surface area contributed by atoms with Gasteiger partial charge in [-0.2, -0.15) is 0 Å². The number of hydrogen-bond acceptors (Lipinski definition) is 5. The van der Waals surface area contributed by atoms with Crippen molar-refractivity contribution in [3.8, 4) is 11.5 Å².